The normalized spacial score (nSPS) is 14.6. The Hall–Kier alpha value is -4.33. The maximum absolute atomic E-state index is 10.9. The molecule has 8 heteroatoms. The Balaban J connectivity index is 1.61. The topological polar surface area (TPSA) is 92.7 Å². The van der Waals surface area contributed by atoms with Gasteiger partial charge in [-0.05, 0) is 24.3 Å². The zero-order chi connectivity index (χ0) is 19.8. The predicted octanol–water partition coefficient (Wildman–Crippen LogP) is 4.37. The van der Waals surface area contributed by atoms with E-state index in [2.05, 4.69) is 10.1 Å². The van der Waals surface area contributed by atoms with Gasteiger partial charge in [0.25, 0.3) is 5.69 Å². The largest absolute Gasteiger partial charge is 0.403 e. The van der Waals surface area contributed by atoms with Crippen LogP contribution in [0.3, 0.4) is 0 Å². The summed E-state index contributed by atoms with van der Waals surface area (Å²) >= 11 is 0. The molecule has 3 aromatic carbocycles. The maximum Gasteiger partial charge on any atom is 0.327 e. The summed E-state index contributed by atoms with van der Waals surface area (Å²) in [5.41, 5.74) is 2.84. The van der Waals surface area contributed by atoms with E-state index in [1.807, 2.05) is 54.6 Å². The number of hydrogen-bond donors (Lipinski definition) is 0. The first-order valence-electron chi connectivity index (χ1n) is 8.82. The number of benzene rings is 3. The molecule has 0 spiro atoms. The van der Waals surface area contributed by atoms with Gasteiger partial charge in [-0.2, -0.15) is 10.0 Å². The summed E-state index contributed by atoms with van der Waals surface area (Å²) in [6.07, 6.45) is 0. The molecule has 0 radical (unpaired) electrons. The Kier molecular flexibility index (Phi) is 3.87. The molecule has 0 saturated carbocycles. The predicted molar refractivity (Wildman–Crippen MR) is 109 cm³/mol. The molecular weight excluding hydrogens is 370 g/mol. The quantitative estimate of drug-likeness (QED) is 0.496. The number of ether oxygens (including phenoxy) is 1. The molecule has 0 saturated heterocycles. The highest BCUT2D eigenvalue weighted by Gasteiger charge is 2.32. The van der Waals surface area contributed by atoms with Gasteiger partial charge >= 0.3 is 6.02 Å². The fourth-order valence-corrected chi connectivity index (χ4v) is 3.03. The van der Waals surface area contributed by atoms with E-state index in [0.717, 1.165) is 5.56 Å². The standard InChI is InChI=1S/C21H13N5O3/c27-26(28)16-12-10-15(11-13-16)20-24-25-19(14-6-2-1-3-7-14)22-17-8-4-5-9-18(17)23-21(25)29-20/h1-13H. The van der Waals surface area contributed by atoms with Crippen molar-refractivity contribution in [3.05, 3.63) is 100 Å². The van der Waals surface area contributed by atoms with Crippen LogP contribution in [-0.2, 0) is 4.74 Å². The number of hydrazone groups is 1. The first-order chi connectivity index (χ1) is 14.2. The van der Waals surface area contributed by atoms with Crippen LogP contribution in [0.1, 0.15) is 11.1 Å². The van der Waals surface area contributed by atoms with Gasteiger partial charge in [0.2, 0.25) is 5.90 Å². The molecule has 3 aromatic rings. The third-order valence-corrected chi connectivity index (χ3v) is 4.44. The third-order valence-electron chi connectivity index (χ3n) is 4.44. The highest BCUT2D eigenvalue weighted by atomic mass is 16.6. The van der Waals surface area contributed by atoms with Crippen molar-refractivity contribution in [3.63, 3.8) is 0 Å². The second-order valence-corrected chi connectivity index (χ2v) is 6.31. The highest BCUT2D eigenvalue weighted by molar-refractivity contribution is 6.16. The Morgan fingerprint density at radius 3 is 2.14 bits per heavy atom. The molecule has 0 fully saturated rings. The lowest BCUT2D eigenvalue weighted by Crippen LogP contribution is -2.29. The Labute approximate surface area is 165 Å². The fourth-order valence-electron chi connectivity index (χ4n) is 3.03. The van der Waals surface area contributed by atoms with Crippen molar-refractivity contribution in [1.29, 1.82) is 0 Å². The summed E-state index contributed by atoms with van der Waals surface area (Å²) in [6, 6.07) is 23.4. The van der Waals surface area contributed by atoms with E-state index in [4.69, 9.17) is 9.73 Å². The van der Waals surface area contributed by atoms with Gasteiger partial charge < -0.3 is 4.74 Å². The second-order valence-electron chi connectivity index (χ2n) is 6.31. The van der Waals surface area contributed by atoms with E-state index in [-0.39, 0.29) is 11.7 Å². The highest BCUT2D eigenvalue weighted by Crippen LogP contribution is 2.33. The summed E-state index contributed by atoms with van der Waals surface area (Å²) < 4.78 is 5.92. The molecule has 0 atom stereocenters. The minimum Gasteiger partial charge on any atom is -0.403 e. The van der Waals surface area contributed by atoms with Crippen molar-refractivity contribution in [3.8, 4) is 0 Å². The number of nitro groups is 1. The molecule has 2 aliphatic heterocycles. The van der Waals surface area contributed by atoms with Crippen LogP contribution in [0.5, 0.6) is 0 Å². The SMILES string of the molecule is O=[N+]([O-])c1ccc(C2=NN3C(=Nc4ccccc4N=C3c3ccccc3)O2)cc1. The van der Waals surface area contributed by atoms with Crippen LogP contribution in [-0.4, -0.2) is 27.7 Å². The molecule has 0 N–H and O–H groups in total. The Morgan fingerprint density at radius 1 is 0.793 bits per heavy atom. The molecule has 2 heterocycles. The lowest BCUT2D eigenvalue weighted by Gasteiger charge is -2.13. The number of para-hydroxylation sites is 2. The van der Waals surface area contributed by atoms with Gasteiger partial charge in [0, 0.05) is 23.3 Å². The van der Waals surface area contributed by atoms with Crippen molar-refractivity contribution in [2.45, 2.75) is 0 Å². The van der Waals surface area contributed by atoms with E-state index in [9.17, 15) is 10.1 Å². The lowest BCUT2D eigenvalue weighted by atomic mass is 10.2. The zero-order valence-electron chi connectivity index (χ0n) is 15.0. The lowest BCUT2D eigenvalue weighted by molar-refractivity contribution is -0.384. The molecule has 0 aliphatic carbocycles. The fraction of sp³-hybridized carbons (Fsp3) is 0. The van der Waals surface area contributed by atoms with Crippen molar-refractivity contribution in [2.75, 3.05) is 0 Å². The number of aliphatic imine (C=N–C) groups is 2. The van der Waals surface area contributed by atoms with Crippen molar-refractivity contribution < 1.29 is 9.66 Å². The van der Waals surface area contributed by atoms with E-state index >= 15 is 0 Å². The van der Waals surface area contributed by atoms with E-state index in [0.29, 0.717) is 28.7 Å². The van der Waals surface area contributed by atoms with Gasteiger partial charge in [-0.15, -0.1) is 5.10 Å². The van der Waals surface area contributed by atoms with Crippen LogP contribution in [0.2, 0.25) is 0 Å². The number of amidine groups is 2. The van der Waals surface area contributed by atoms with Crippen molar-refractivity contribution in [2.24, 2.45) is 15.1 Å². The zero-order valence-corrected chi connectivity index (χ0v) is 15.0. The summed E-state index contributed by atoms with van der Waals surface area (Å²) in [5, 5.41) is 17.0. The Bertz CT molecular complexity index is 1200. The van der Waals surface area contributed by atoms with E-state index in [1.165, 1.54) is 12.1 Å². The summed E-state index contributed by atoms with van der Waals surface area (Å²) in [7, 11) is 0. The number of nitro benzene ring substituents is 1. The number of fused-ring (bicyclic) bond motifs is 2. The van der Waals surface area contributed by atoms with E-state index in [1.54, 1.807) is 17.1 Å². The van der Waals surface area contributed by atoms with Gasteiger partial charge in [-0.25, -0.2) is 4.99 Å². The summed E-state index contributed by atoms with van der Waals surface area (Å²) in [6.45, 7) is 0. The molecular formula is C21H13N5O3. The van der Waals surface area contributed by atoms with Crippen molar-refractivity contribution in [1.82, 2.24) is 5.01 Å². The smallest absolute Gasteiger partial charge is 0.327 e. The minimum absolute atomic E-state index is 0.000301. The second kappa shape index (κ2) is 6.68. The van der Waals surface area contributed by atoms with Gasteiger partial charge in [0.1, 0.15) is 0 Å². The molecule has 5 rings (SSSR count). The van der Waals surface area contributed by atoms with Crippen molar-refractivity contribution >= 4 is 34.8 Å². The molecule has 8 nitrogen and oxygen atoms in total. The van der Waals surface area contributed by atoms with E-state index < -0.39 is 4.92 Å². The molecule has 140 valence electrons. The molecule has 0 amide bonds. The van der Waals surface area contributed by atoms with Crippen LogP contribution < -0.4 is 0 Å². The van der Waals surface area contributed by atoms with Gasteiger partial charge in [-0.3, -0.25) is 10.1 Å². The van der Waals surface area contributed by atoms with Crippen LogP contribution in [0.25, 0.3) is 0 Å². The molecule has 29 heavy (non-hydrogen) atoms. The number of rotatable bonds is 3. The molecule has 0 aromatic heterocycles. The summed E-state index contributed by atoms with van der Waals surface area (Å²) in [4.78, 5) is 19.8. The number of hydrogen-bond acceptors (Lipinski definition) is 7. The monoisotopic (exact) mass is 383 g/mol. The average molecular weight is 383 g/mol. The molecule has 0 bridgehead atoms. The van der Waals surface area contributed by atoms with Gasteiger partial charge in [0.05, 0.1) is 16.3 Å². The van der Waals surface area contributed by atoms with Gasteiger partial charge in [0.15, 0.2) is 5.84 Å². The van der Waals surface area contributed by atoms with Crippen LogP contribution in [0, 0.1) is 10.1 Å². The average Bonchev–Trinajstić information content (AvgIpc) is 3.10. The summed E-state index contributed by atoms with van der Waals surface area (Å²) in [5.74, 6) is 0.868. The number of nitrogens with zero attached hydrogens (tertiary/aromatic N) is 5. The van der Waals surface area contributed by atoms with Crippen LogP contribution in [0.4, 0.5) is 17.1 Å². The number of non-ortho nitro benzene ring substituents is 1. The first kappa shape index (κ1) is 16.8. The van der Waals surface area contributed by atoms with Crippen LogP contribution >= 0.6 is 0 Å². The third kappa shape index (κ3) is 3.02. The maximum atomic E-state index is 10.9. The Morgan fingerprint density at radius 2 is 1.45 bits per heavy atom. The molecule has 0 unspecified atom stereocenters. The molecule has 2 aliphatic rings. The minimum atomic E-state index is -0.449. The van der Waals surface area contributed by atoms with Crippen LogP contribution in [0.15, 0.2) is 93.9 Å². The van der Waals surface area contributed by atoms with Gasteiger partial charge in [-0.1, -0.05) is 42.5 Å². The first-order valence-corrected chi connectivity index (χ1v) is 8.82.